The number of carbonyl (C=O) groups excluding carboxylic acids is 1. The second-order valence-electron chi connectivity index (χ2n) is 16.4. The van der Waals surface area contributed by atoms with Gasteiger partial charge in [0, 0.05) is 11.5 Å². The molecule has 0 bridgehead atoms. The molecule has 278 valence electrons. The molecule has 49 heavy (non-hydrogen) atoms. The summed E-state index contributed by atoms with van der Waals surface area (Å²) in [6.07, 6.45) is -5.68. The van der Waals surface area contributed by atoms with Gasteiger partial charge in [0.1, 0.15) is 55.4 Å². The summed E-state index contributed by atoms with van der Waals surface area (Å²) in [4.78, 5) is 11.9. The number of aliphatic hydroxyl groups is 8. The van der Waals surface area contributed by atoms with Crippen LogP contribution in [0.25, 0.3) is 0 Å². The molecule has 7 aliphatic rings. The first-order chi connectivity index (χ1) is 23.2. The zero-order valence-corrected chi connectivity index (χ0v) is 28.3. The number of hydrogen-bond acceptors (Lipinski definition) is 14. The highest BCUT2D eigenvalue weighted by Crippen LogP contribution is 2.70. The highest BCUT2D eigenvalue weighted by molar-refractivity contribution is 5.85. The second-order valence-corrected chi connectivity index (χ2v) is 16.4. The van der Waals surface area contributed by atoms with E-state index in [2.05, 4.69) is 13.8 Å². The van der Waals surface area contributed by atoms with Gasteiger partial charge in [-0.15, -0.1) is 0 Å². The van der Waals surface area contributed by atoms with Gasteiger partial charge in [-0.3, -0.25) is 0 Å². The van der Waals surface area contributed by atoms with Gasteiger partial charge in [-0.05, 0) is 92.4 Å². The first-order valence-corrected chi connectivity index (χ1v) is 18.1. The summed E-state index contributed by atoms with van der Waals surface area (Å²) in [5.74, 6) is 0.683. The lowest BCUT2D eigenvalue weighted by atomic mass is 9.43. The number of carbonyl (C=O) groups is 1. The Morgan fingerprint density at radius 2 is 1.49 bits per heavy atom. The lowest BCUT2D eigenvalue weighted by Gasteiger charge is -2.64. The number of ether oxygens (including phenoxy) is 5. The van der Waals surface area contributed by atoms with Crippen LogP contribution in [0.4, 0.5) is 0 Å². The molecule has 3 heterocycles. The Hall–Kier alpha value is -1.27. The predicted octanol–water partition coefficient (Wildman–Crippen LogP) is -0.747. The zero-order chi connectivity index (χ0) is 35.0. The predicted molar refractivity (Wildman–Crippen MR) is 167 cm³/mol. The van der Waals surface area contributed by atoms with Crippen molar-refractivity contribution in [2.45, 2.75) is 145 Å². The van der Waals surface area contributed by atoms with Gasteiger partial charge in [-0.1, -0.05) is 13.8 Å². The third-order valence-electron chi connectivity index (χ3n) is 14.2. The molecular formula is C35H54O14. The Bertz CT molecular complexity index is 1260. The number of rotatable bonds is 7. The molecule has 7 rings (SSSR count). The quantitative estimate of drug-likeness (QED) is 0.121. The van der Waals surface area contributed by atoms with Crippen molar-refractivity contribution < 1.29 is 69.3 Å². The van der Waals surface area contributed by atoms with E-state index in [-0.39, 0.29) is 34.7 Å². The lowest BCUT2D eigenvalue weighted by molar-refractivity contribution is -0.338. The van der Waals surface area contributed by atoms with Crippen LogP contribution in [-0.4, -0.2) is 140 Å². The molecule has 0 unspecified atom stereocenters. The molecule has 0 radical (unpaired) electrons. The van der Waals surface area contributed by atoms with Crippen LogP contribution in [0.5, 0.6) is 0 Å². The first-order valence-electron chi connectivity index (χ1n) is 18.1. The lowest BCUT2D eigenvalue weighted by Crippen LogP contribution is -2.63. The normalized spacial score (nSPS) is 54.4. The molecule has 2 saturated heterocycles. The Labute approximate surface area is 285 Å². The molecule has 0 aromatic heterocycles. The van der Waals surface area contributed by atoms with E-state index in [0.717, 1.165) is 56.9 Å². The van der Waals surface area contributed by atoms with Gasteiger partial charge in [0.25, 0.3) is 0 Å². The van der Waals surface area contributed by atoms with E-state index in [1.807, 2.05) is 0 Å². The molecule has 14 heteroatoms. The summed E-state index contributed by atoms with van der Waals surface area (Å²) in [7, 11) is 0. The largest absolute Gasteiger partial charge is 0.458 e. The highest BCUT2D eigenvalue weighted by Gasteiger charge is 2.68. The van der Waals surface area contributed by atoms with Crippen LogP contribution in [-0.2, 0) is 28.5 Å². The summed E-state index contributed by atoms with van der Waals surface area (Å²) < 4.78 is 28.4. The van der Waals surface area contributed by atoms with Crippen LogP contribution in [0.3, 0.4) is 0 Å². The third-order valence-corrected chi connectivity index (χ3v) is 14.2. The molecule has 0 aromatic carbocycles. The van der Waals surface area contributed by atoms with Gasteiger partial charge in [0.05, 0.1) is 24.9 Å². The topological polar surface area (TPSA) is 225 Å². The summed E-state index contributed by atoms with van der Waals surface area (Å²) in [5, 5.41) is 84.5. The van der Waals surface area contributed by atoms with Crippen molar-refractivity contribution in [3.05, 3.63) is 11.6 Å². The molecule has 3 aliphatic heterocycles. The van der Waals surface area contributed by atoms with Crippen LogP contribution in [0.2, 0.25) is 0 Å². The molecule has 0 amide bonds. The van der Waals surface area contributed by atoms with Gasteiger partial charge < -0.3 is 64.5 Å². The second kappa shape index (κ2) is 13.3. The maximum Gasteiger partial charge on any atom is 0.331 e. The minimum absolute atomic E-state index is 0.00679. The Balaban J connectivity index is 0.982. The van der Waals surface area contributed by atoms with Crippen LogP contribution < -0.4 is 0 Å². The third kappa shape index (κ3) is 5.82. The Morgan fingerprint density at radius 3 is 2.18 bits per heavy atom. The van der Waals surface area contributed by atoms with Gasteiger partial charge in [0.15, 0.2) is 12.6 Å². The van der Waals surface area contributed by atoms with Crippen molar-refractivity contribution >= 4 is 5.97 Å². The van der Waals surface area contributed by atoms with Crippen molar-refractivity contribution in [1.29, 1.82) is 0 Å². The Morgan fingerprint density at radius 1 is 0.796 bits per heavy atom. The van der Waals surface area contributed by atoms with E-state index >= 15 is 0 Å². The zero-order valence-electron chi connectivity index (χ0n) is 28.3. The number of hydrogen-bond donors (Lipinski definition) is 8. The van der Waals surface area contributed by atoms with Crippen molar-refractivity contribution in [2.24, 2.45) is 34.5 Å². The molecule has 0 aromatic rings. The average molecular weight is 699 g/mol. The van der Waals surface area contributed by atoms with Crippen molar-refractivity contribution in [2.75, 3.05) is 19.8 Å². The van der Waals surface area contributed by atoms with E-state index in [1.165, 1.54) is 0 Å². The molecule has 18 atom stereocenters. The van der Waals surface area contributed by atoms with E-state index in [9.17, 15) is 45.6 Å². The van der Waals surface area contributed by atoms with E-state index in [0.29, 0.717) is 24.9 Å². The van der Waals surface area contributed by atoms with Crippen molar-refractivity contribution in [3.63, 3.8) is 0 Å². The van der Waals surface area contributed by atoms with E-state index < -0.39 is 80.2 Å². The molecule has 4 aliphatic carbocycles. The van der Waals surface area contributed by atoms with Crippen LogP contribution in [0.15, 0.2) is 11.6 Å². The minimum atomic E-state index is -1.65. The molecular weight excluding hydrogens is 644 g/mol. The molecule has 4 saturated carbocycles. The van der Waals surface area contributed by atoms with Crippen molar-refractivity contribution in [1.82, 2.24) is 0 Å². The maximum absolute atomic E-state index is 12.5. The highest BCUT2D eigenvalue weighted by atomic mass is 16.7. The van der Waals surface area contributed by atoms with Gasteiger partial charge in [-0.25, -0.2) is 4.79 Å². The number of fused-ring (bicyclic) bond motifs is 5. The smallest absolute Gasteiger partial charge is 0.331 e. The van der Waals surface area contributed by atoms with Crippen LogP contribution >= 0.6 is 0 Å². The molecule has 6 fully saturated rings. The first kappa shape index (κ1) is 36.1. The monoisotopic (exact) mass is 698 g/mol. The SMILES string of the molecule is C[C@]12CC[C@@H](O[C@H]3O[C@@H](CO[C@@H]4O[C@H](CO)[C@H](O)[C@H](O)[C@@H]4O)[C@H](O)[C@@H](O)[C@@H]3O)C[C@@H]1CC[C@H]1[C@@H]2CC[C@@]2(C)[C@@H](C3=CC(=O)OC3)CC[C@]12O. The van der Waals surface area contributed by atoms with Crippen LogP contribution in [0, 0.1) is 34.5 Å². The Kier molecular flexibility index (Phi) is 9.80. The maximum atomic E-state index is 12.5. The molecule has 0 spiro atoms. The summed E-state index contributed by atoms with van der Waals surface area (Å²) >= 11 is 0. The number of esters is 1. The fourth-order valence-corrected chi connectivity index (χ4v) is 11.2. The van der Waals surface area contributed by atoms with E-state index in [4.69, 9.17) is 23.7 Å². The van der Waals surface area contributed by atoms with Crippen molar-refractivity contribution in [3.8, 4) is 0 Å². The van der Waals surface area contributed by atoms with Crippen LogP contribution in [0.1, 0.15) is 71.6 Å². The molecule has 8 N–H and O–H groups in total. The summed E-state index contributed by atoms with van der Waals surface area (Å²) in [5.41, 5.74) is -0.0991. The number of cyclic esters (lactones) is 1. The fourth-order valence-electron chi connectivity index (χ4n) is 11.2. The van der Waals surface area contributed by atoms with Gasteiger partial charge in [-0.2, -0.15) is 0 Å². The number of aliphatic hydroxyl groups excluding tert-OH is 7. The fraction of sp³-hybridized carbons (Fsp3) is 0.914. The van der Waals surface area contributed by atoms with E-state index in [1.54, 1.807) is 6.08 Å². The summed E-state index contributed by atoms with van der Waals surface area (Å²) in [6.45, 7) is 3.85. The van der Waals surface area contributed by atoms with Gasteiger partial charge >= 0.3 is 5.97 Å². The standard InChI is InChI=1S/C35H54O14/c1-33-8-5-18(47-32-30(43)28(41)26(39)23(49-32)15-46-31-29(42)27(40)25(38)22(13-36)48-31)12-17(33)3-4-21-20(33)6-9-34(2)19(7-10-35(21,34)44)16-11-24(37)45-14-16/h11,17-23,25-32,36,38-44H,3-10,12-15H2,1-2H3/t17-,18+,19+,20-,21-,22+,23-,25-,26-,27-,28+,29-,30-,31+,32-,33-,34-,35-/m0/s1. The molecule has 14 nitrogen and oxygen atoms in total. The summed E-state index contributed by atoms with van der Waals surface area (Å²) in [6, 6.07) is 0. The minimum Gasteiger partial charge on any atom is -0.458 e. The van der Waals surface area contributed by atoms with Gasteiger partial charge in [0.2, 0.25) is 0 Å². The average Bonchev–Trinajstić information content (AvgIpc) is 3.63.